The Bertz CT molecular complexity index is 587. The minimum absolute atomic E-state index is 0.307. The fourth-order valence-corrected chi connectivity index (χ4v) is 4.08. The normalized spacial score (nSPS) is 17.9. The molecule has 0 bridgehead atoms. The van der Waals surface area contributed by atoms with Gasteiger partial charge in [-0.3, -0.25) is 4.72 Å². The summed E-state index contributed by atoms with van der Waals surface area (Å²) in [6, 6.07) is 4.70. The van der Waals surface area contributed by atoms with E-state index in [9.17, 15) is 8.42 Å². The van der Waals surface area contributed by atoms with Crippen LogP contribution in [0, 0.1) is 5.92 Å². The van der Waals surface area contributed by atoms with Gasteiger partial charge in [-0.15, -0.1) is 0 Å². The second kappa shape index (κ2) is 7.15. The summed E-state index contributed by atoms with van der Waals surface area (Å²) in [6.07, 6.45) is 1.70. The number of piperidine rings is 1. The van der Waals surface area contributed by atoms with Gasteiger partial charge >= 0.3 is 10.2 Å². The summed E-state index contributed by atoms with van der Waals surface area (Å²) in [4.78, 5) is 0. The molecule has 0 atom stereocenters. The van der Waals surface area contributed by atoms with Crippen LogP contribution >= 0.6 is 23.2 Å². The molecule has 1 fully saturated rings. The van der Waals surface area contributed by atoms with Crippen molar-refractivity contribution in [2.75, 3.05) is 31.4 Å². The van der Waals surface area contributed by atoms with Crippen molar-refractivity contribution in [3.05, 3.63) is 28.2 Å². The molecule has 5 nitrogen and oxygen atoms in total. The third-order valence-electron chi connectivity index (χ3n) is 3.57. The van der Waals surface area contributed by atoms with Gasteiger partial charge in [-0.25, -0.2) is 0 Å². The van der Waals surface area contributed by atoms with Crippen molar-refractivity contribution in [1.82, 2.24) is 9.62 Å². The van der Waals surface area contributed by atoms with Crippen molar-refractivity contribution < 1.29 is 8.42 Å². The van der Waals surface area contributed by atoms with Gasteiger partial charge in [0.2, 0.25) is 0 Å². The number of halogens is 2. The van der Waals surface area contributed by atoms with Crippen LogP contribution in [0.25, 0.3) is 0 Å². The van der Waals surface area contributed by atoms with E-state index in [1.165, 1.54) is 10.4 Å². The number of anilines is 1. The van der Waals surface area contributed by atoms with Crippen LogP contribution in [0.15, 0.2) is 18.2 Å². The van der Waals surface area contributed by atoms with E-state index in [1.807, 2.05) is 7.05 Å². The van der Waals surface area contributed by atoms with Crippen LogP contribution in [0.1, 0.15) is 12.8 Å². The number of benzene rings is 1. The topological polar surface area (TPSA) is 61.4 Å². The van der Waals surface area contributed by atoms with Crippen LogP contribution in [0.4, 0.5) is 5.69 Å². The Morgan fingerprint density at radius 3 is 2.57 bits per heavy atom. The average molecular weight is 352 g/mol. The highest BCUT2D eigenvalue weighted by molar-refractivity contribution is 7.90. The van der Waals surface area contributed by atoms with Gasteiger partial charge in [0.15, 0.2) is 0 Å². The van der Waals surface area contributed by atoms with Crippen LogP contribution in [0.2, 0.25) is 10.0 Å². The lowest BCUT2D eigenvalue weighted by Gasteiger charge is -2.31. The summed E-state index contributed by atoms with van der Waals surface area (Å²) < 4.78 is 28.7. The molecule has 1 aliphatic heterocycles. The first-order valence-electron chi connectivity index (χ1n) is 6.80. The van der Waals surface area contributed by atoms with Crippen molar-refractivity contribution >= 4 is 39.1 Å². The van der Waals surface area contributed by atoms with Crippen LogP contribution in [-0.4, -0.2) is 39.4 Å². The van der Waals surface area contributed by atoms with Crippen LogP contribution in [-0.2, 0) is 10.2 Å². The molecule has 21 heavy (non-hydrogen) atoms. The molecule has 0 spiro atoms. The zero-order valence-corrected chi connectivity index (χ0v) is 14.1. The largest absolute Gasteiger partial charge is 0.319 e. The monoisotopic (exact) mass is 351 g/mol. The molecule has 1 aromatic carbocycles. The summed E-state index contributed by atoms with van der Waals surface area (Å²) in [5.74, 6) is 0.524. The number of nitrogens with zero attached hydrogens (tertiary/aromatic N) is 1. The second-order valence-corrected chi connectivity index (χ2v) is 7.65. The van der Waals surface area contributed by atoms with E-state index in [2.05, 4.69) is 10.0 Å². The van der Waals surface area contributed by atoms with Gasteiger partial charge in [0.1, 0.15) is 0 Å². The Kier molecular flexibility index (Phi) is 5.73. The third-order valence-corrected chi connectivity index (χ3v) is 5.66. The first-order chi connectivity index (χ1) is 9.92. The molecule has 0 unspecified atom stereocenters. The maximum absolute atomic E-state index is 12.4. The molecule has 8 heteroatoms. The molecular formula is C13H19Cl2N3O2S. The van der Waals surface area contributed by atoms with Gasteiger partial charge in [-0.2, -0.15) is 12.7 Å². The standard InChI is InChI=1S/C13H19Cl2N3O2S/c1-16-9-10-4-6-18(7-5-10)21(19,20)17-13-8-11(14)2-3-12(13)15/h2-3,8,10,16-17H,4-7,9H2,1H3. The number of hydrogen-bond donors (Lipinski definition) is 2. The fraction of sp³-hybridized carbons (Fsp3) is 0.538. The van der Waals surface area contributed by atoms with Gasteiger partial charge in [0, 0.05) is 18.1 Å². The van der Waals surface area contributed by atoms with Crippen molar-refractivity contribution in [1.29, 1.82) is 0 Å². The molecule has 0 aromatic heterocycles. The minimum atomic E-state index is -3.59. The van der Waals surface area contributed by atoms with Crippen molar-refractivity contribution in [2.45, 2.75) is 12.8 Å². The molecule has 1 heterocycles. The lowest BCUT2D eigenvalue weighted by molar-refractivity contribution is 0.272. The lowest BCUT2D eigenvalue weighted by Crippen LogP contribution is -2.43. The van der Waals surface area contributed by atoms with Gasteiger partial charge in [0.25, 0.3) is 0 Å². The Balaban J connectivity index is 2.04. The minimum Gasteiger partial charge on any atom is -0.319 e. The van der Waals surface area contributed by atoms with Gasteiger partial charge < -0.3 is 5.32 Å². The zero-order chi connectivity index (χ0) is 15.5. The Morgan fingerprint density at radius 2 is 1.95 bits per heavy atom. The van der Waals surface area contributed by atoms with Gasteiger partial charge in [-0.1, -0.05) is 23.2 Å². The summed E-state index contributed by atoms with van der Waals surface area (Å²) in [6.45, 7) is 1.95. The maximum Gasteiger partial charge on any atom is 0.301 e. The van der Waals surface area contributed by atoms with E-state index in [0.717, 1.165) is 19.4 Å². The molecule has 1 aromatic rings. The highest BCUT2D eigenvalue weighted by Crippen LogP contribution is 2.28. The van der Waals surface area contributed by atoms with E-state index in [1.54, 1.807) is 12.1 Å². The Labute approximate surface area is 135 Å². The molecule has 0 aliphatic carbocycles. The average Bonchev–Trinajstić information content (AvgIpc) is 2.44. The van der Waals surface area contributed by atoms with E-state index < -0.39 is 10.2 Å². The van der Waals surface area contributed by atoms with Crippen LogP contribution in [0.3, 0.4) is 0 Å². The molecule has 0 radical (unpaired) electrons. The quantitative estimate of drug-likeness (QED) is 0.856. The third kappa shape index (κ3) is 4.47. The second-order valence-electron chi connectivity index (χ2n) is 5.13. The molecule has 1 saturated heterocycles. The predicted octanol–water partition coefficient (Wildman–Crippen LogP) is 2.58. The predicted molar refractivity (Wildman–Crippen MR) is 87.2 cm³/mol. The summed E-state index contributed by atoms with van der Waals surface area (Å²) in [7, 11) is -1.69. The Morgan fingerprint density at radius 1 is 1.29 bits per heavy atom. The smallest absolute Gasteiger partial charge is 0.301 e. The molecule has 2 rings (SSSR count). The van der Waals surface area contributed by atoms with Gasteiger partial charge in [0.05, 0.1) is 10.7 Å². The van der Waals surface area contributed by atoms with Crippen LogP contribution in [0.5, 0.6) is 0 Å². The highest BCUT2D eigenvalue weighted by Gasteiger charge is 2.28. The summed E-state index contributed by atoms with van der Waals surface area (Å²) in [5.41, 5.74) is 0.307. The molecule has 0 saturated carbocycles. The highest BCUT2D eigenvalue weighted by atomic mass is 35.5. The van der Waals surface area contributed by atoms with E-state index >= 15 is 0 Å². The maximum atomic E-state index is 12.4. The lowest BCUT2D eigenvalue weighted by atomic mass is 9.98. The van der Waals surface area contributed by atoms with Gasteiger partial charge in [-0.05, 0) is 50.6 Å². The molecule has 0 amide bonds. The molecular weight excluding hydrogens is 333 g/mol. The summed E-state index contributed by atoms with van der Waals surface area (Å²) in [5, 5.41) is 3.89. The molecule has 2 N–H and O–H groups in total. The zero-order valence-electron chi connectivity index (χ0n) is 11.8. The SMILES string of the molecule is CNCC1CCN(S(=O)(=O)Nc2cc(Cl)ccc2Cl)CC1. The molecule has 118 valence electrons. The molecule has 1 aliphatic rings. The number of rotatable bonds is 5. The van der Waals surface area contributed by atoms with E-state index in [-0.39, 0.29) is 0 Å². The number of nitrogens with one attached hydrogen (secondary N) is 2. The van der Waals surface area contributed by atoms with Crippen molar-refractivity contribution in [2.24, 2.45) is 5.92 Å². The van der Waals surface area contributed by atoms with Crippen LogP contribution < -0.4 is 10.0 Å². The van der Waals surface area contributed by atoms with E-state index in [0.29, 0.717) is 34.7 Å². The first kappa shape index (κ1) is 16.8. The van der Waals surface area contributed by atoms with Crippen molar-refractivity contribution in [3.63, 3.8) is 0 Å². The summed E-state index contributed by atoms with van der Waals surface area (Å²) >= 11 is 11.9. The Hall–Kier alpha value is -0.530. The van der Waals surface area contributed by atoms with E-state index in [4.69, 9.17) is 23.2 Å². The number of hydrogen-bond acceptors (Lipinski definition) is 3. The first-order valence-corrected chi connectivity index (χ1v) is 8.99. The van der Waals surface area contributed by atoms with Crippen molar-refractivity contribution in [3.8, 4) is 0 Å². The fourth-order valence-electron chi connectivity index (χ4n) is 2.42.